The number of carbonyl (C=O) groups excluding carboxylic acids is 1. The Labute approximate surface area is 200 Å². The largest absolute Gasteiger partial charge is 0.322 e. The standard InChI is InChI=1S/C24H20ClN3O3S2/c25-21-8-5-17(15-20(21)23-19-10-13-32-22(19)9-11-26-23)27-24(29)16-3-6-18(7-4-16)28-12-1-2-14-33(28,30)31/h3-11,13,15H,1-2,12,14H2,(H,27,29). The average Bonchev–Trinajstić information content (AvgIpc) is 3.29. The Hall–Kier alpha value is -2.94. The Morgan fingerprint density at radius 2 is 1.88 bits per heavy atom. The van der Waals surface area contributed by atoms with Gasteiger partial charge in [-0.2, -0.15) is 0 Å². The molecule has 0 bridgehead atoms. The van der Waals surface area contributed by atoms with E-state index in [0.29, 0.717) is 34.9 Å². The van der Waals surface area contributed by atoms with Crippen LogP contribution in [0, 0.1) is 0 Å². The maximum atomic E-state index is 12.8. The van der Waals surface area contributed by atoms with Gasteiger partial charge in [0.1, 0.15) is 0 Å². The number of pyridine rings is 1. The highest BCUT2D eigenvalue weighted by molar-refractivity contribution is 7.92. The molecule has 0 spiro atoms. The van der Waals surface area contributed by atoms with Gasteiger partial charge in [-0.3, -0.25) is 14.1 Å². The number of hydrogen-bond acceptors (Lipinski definition) is 5. The van der Waals surface area contributed by atoms with E-state index in [2.05, 4.69) is 10.3 Å². The molecule has 0 aliphatic carbocycles. The Kier molecular flexibility index (Phi) is 5.82. The third-order valence-corrected chi connectivity index (χ3v) is 8.71. The SMILES string of the molecule is O=C(Nc1ccc(Cl)c(-c2nccc3sccc23)c1)c1ccc(N2CCCCS2(=O)=O)cc1. The first-order valence-corrected chi connectivity index (χ1v) is 13.3. The summed E-state index contributed by atoms with van der Waals surface area (Å²) in [7, 11) is -3.29. The van der Waals surface area contributed by atoms with E-state index < -0.39 is 10.0 Å². The highest BCUT2D eigenvalue weighted by atomic mass is 35.5. The molecule has 1 saturated heterocycles. The number of rotatable bonds is 4. The number of aromatic nitrogens is 1. The Morgan fingerprint density at radius 1 is 1.06 bits per heavy atom. The first-order valence-electron chi connectivity index (χ1n) is 10.5. The second-order valence-corrected chi connectivity index (χ2v) is 11.2. The van der Waals surface area contributed by atoms with E-state index in [0.717, 1.165) is 27.8 Å². The predicted molar refractivity (Wildman–Crippen MR) is 135 cm³/mol. The lowest BCUT2D eigenvalue weighted by Gasteiger charge is -2.28. The normalized spacial score (nSPS) is 15.5. The quantitative estimate of drug-likeness (QED) is 0.386. The molecule has 2 aromatic heterocycles. The van der Waals surface area contributed by atoms with Gasteiger partial charge in [-0.05, 0) is 72.8 Å². The maximum Gasteiger partial charge on any atom is 0.255 e. The number of thiophene rings is 1. The van der Waals surface area contributed by atoms with E-state index in [4.69, 9.17) is 11.6 Å². The zero-order valence-corrected chi connectivity index (χ0v) is 19.9. The molecule has 3 heterocycles. The van der Waals surface area contributed by atoms with E-state index in [-0.39, 0.29) is 11.7 Å². The second-order valence-electron chi connectivity index (χ2n) is 7.78. The van der Waals surface area contributed by atoms with Gasteiger partial charge in [0.05, 0.1) is 22.2 Å². The lowest BCUT2D eigenvalue weighted by atomic mass is 10.1. The minimum atomic E-state index is -3.29. The number of nitrogens with one attached hydrogen (secondary N) is 1. The zero-order valence-electron chi connectivity index (χ0n) is 17.5. The van der Waals surface area contributed by atoms with Crippen molar-refractivity contribution in [2.24, 2.45) is 0 Å². The van der Waals surface area contributed by atoms with Crippen LogP contribution in [0.1, 0.15) is 23.2 Å². The summed E-state index contributed by atoms with van der Waals surface area (Å²) < 4.78 is 27.2. The Morgan fingerprint density at radius 3 is 2.67 bits per heavy atom. The summed E-state index contributed by atoms with van der Waals surface area (Å²) in [4.78, 5) is 17.4. The molecule has 0 unspecified atom stereocenters. The molecule has 6 nitrogen and oxygen atoms in total. The summed E-state index contributed by atoms with van der Waals surface area (Å²) >= 11 is 8.09. The molecular formula is C24H20ClN3O3S2. The van der Waals surface area contributed by atoms with Crippen LogP contribution in [0.5, 0.6) is 0 Å². The predicted octanol–water partition coefficient (Wildman–Crippen LogP) is 5.80. The van der Waals surface area contributed by atoms with Crippen LogP contribution in [0.4, 0.5) is 11.4 Å². The van der Waals surface area contributed by atoms with Gasteiger partial charge < -0.3 is 5.32 Å². The molecular weight excluding hydrogens is 478 g/mol. The molecule has 1 N–H and O–H groups in total. The maximum absolute atomic E-state index is 12.8. The molecule has 4 aromatic rings. The van der Waals surface area contributed by atoms with Crippen LogP contribution in [0.15, 0.2) is 66.2 Å². The van der Waals surface area contributed by atoms with Crippen LogP contribution in [0.25, 0.3) is 21.3 Å². The topological polar surface area (TPSA) is 79.4 Å². The minimum Gasteiger partial charge on any atom is -0.322 e. The summed E-state index contributed by atoms with van der Waals surface area (Å²) in [6, 6.07) is 15.9. The number of fused-ring (bicyclic) bond motifs is 1. The summed E-state index contributed by atoms with van der Waals surface area (Å²) in [5.41, 5.74) is 3.11. The van der Waals surface area contributed by atoms with Gasteiger partial charge in [0.15, 0.2) is 0 Å². The van der Waals surface area contributed by atoms with Gasteiger partial charge in [0.2, 0.25) is 10.0 Å². The van der Waals surface area contributed by atoms with Crippen molar-refractivity contribution in [1.29, 1.82) is 0 Å². The number of nitrogens with zero attached hydrogens (tertiary/aromatic N) is 2. The molecule has 5 rings (SSSR count). The van der Waals surface area contributed by atoms with Crippen molar-refractivity contribution < 1.29 is 13.2 Å². The highest BCUT2D eigenvalue weighted by Crippen LogP contribution is 2.35. The lowest BCUT2D eigenvalue weighted by Crippen LogP contribution is -2.37. The zero-order chi connectivity index (χ0) is 23.0. The second kappa shape index (κ2) is 8.78. The molecule has 0 saturated carbocycles. The van der Waals surface area contributed by atoms with Crippen LogP contribution in [0.3, 0.4) is 0 Å². The molecule has 0 radical (unpaired) electrons. The molecule has 33 heavy (non-hydrogen) atoms. The smallest absolute Gasteiger partial charge is 0.255 e. The van der Waals surface area contributed by atoms with Crippen LogP contribution < -0.4 is 9.62 Å². The molecule has 1 amide bonds. The lowest BCUT2D eigenvalue weighted by molar-refractivity contribution is 0.102. The van der Waals surface area contributed by atoms with E-state index in [1.54, 1.807) is 53.9 Å². The van der Waals surface area contributed by atoms with Crippen molar-refractivity contribution >= 4 is 60.3 Å². The third kappa shape index (κ3) is 4.34. The van der Waals surface area contributed by atoms with Crippen LogP contribution in [0.2, 0.25) is 5.02 Å². The molecule has 168 valence electrons. The van der Waals surface area contributed by atoms with Crippen molar-refractivity contribution in [2.75, 3.05) is 21.9 Å². The number of sulfonamides is 1. The molecule has 1 aliphatic rings. The van der Waals surface area contributed by atoms with Crippen LogP contribution in [-0.2, 0) is 10.0 Å². The van der Waals surface area contributed by atoms with E-state index in [1.165, 1.54) is 4.31 Å². The monoisotopic (exact) mass is 497 g/mol. The van der Waals surface area contributed by atoms with Crippen molar-refractivity contribution in [3.63, 3.8) is 0 Å². The Bertz CT molecular complexity index is 1450. The fourth-order valence-corrected chi connectivity index (χ4v) is 6.58. The van der Waals surface area contributed by atoms with Crippen molar-refractivity contribution in [2.45, 2.75) is 12.8 Å². The molecule has 1 fully saturated rings. The molecule has 2 aromatic carbocycles. The van der Waals surface area contributed by atoms with Gasteiger partial charge >= 0.3 is 0 Å². The van der Waals surface area contributed by atoms with Gasteiger partial charge in [0, 0.05) is 39.6 Å². The van der Waals surface area contributed by atoms with Gasteiger partial charge in [-0.1, -0.05) is 11.6 Å². The summed E-state index contributed by atoms with van der Waals surface area (Å²) in [5.74, 6) is -0.139. The summed E-state index contributed by atoms with van der Waals surface area (Å²) in [5, 5.41) is 6.46. The number of amides is 1. The number of carbonyl (C=O) groups is 1. The van der Waals surface area contributed by atoms with Crippen molar-refractivity contribution in [1.82, 2.24) is 4.98 Å². The molecule has 9 heteroatoms. The number of benzene rings is 2. The van der Waals surface area contributed by atoms with Gasteiger partial charge in [-0.15, -0.1) is 11.3 Å². The van der Waals surface area contributed by atoms with Gasteiger partial charge in [0.25, 0.3) is 5.91 Å². The first-order chi connectivity index (χ1) is 15.9. The van der Waals surface area contributed by atoms with Crippen LogP contribution in [-0.4, -0.2) is 31.6 Å². The highest BCUT2D eigenvalue weighted by Gasteiger charge is 2.26. The number of hydrogen-bond donors (Lipinski definition) is 1. The van der Waals surface area contributed by atoms with Crippen LogP contribution >= 0.6 is 22.9 Å². The number of halogens is 1. The summed E-state index contributed by atoms with van der Waals surface area (Å²) in [6.45, 7) is 0.465. The third-order valence-electron chi connectivity index (χ3n) is 5.63. The fourth-order valence-electron chi connectivity index (χ4n) is 3.96. The molecule has 1 aliphatic heterocycles. The first kappa shape index (κ1) is 21.9. The van der Waals surface area contributed by atoms with E-state index in [1.807, 2.05) is 23.6 Å². The summed E-state index contributed by atoms with van der Waals surface area (Å²) in [6.07, 6.45) is 3.26. The van der Waals surface area contributed by atoms with E-state index in [9.17, 15) is 13.2 Å². The molecule has 0 atom stereocenters. The fraction of sp³-hybridized carbons (Fsp3) is 0.167. The average molecular weight is 498 g/mol. The number of anilines is 2. The van der Waals surface area contributed by atoms with E-state index >= 15 is 0 Å². The van der Waals surface area contributed by atoms with Crippen molar-refractivity contribution in [3.8, 4) is 11.3 Å². The van der Waals surface area contributed by atoms with Crippen molar-refractivity contribution in [3.05, 3.63) is 76.8 Å². The Balaban J connectivity index is 1.38. The minimum absolute atomic E-state index is 0.155. The van der Waals surface area contributed by atoms with Gasteiger partial charge in [-0.25, -0.2) is 8.42 Å².